The van der Waals surface area contributed by atoms with Crippen molar-refractivity contribution in [2.24, 2.45) is 5.73 Å². The molecule has 1 aromatic heterocycles. The first-order valence-electron chi connectivity index (χ1n) is 12.9. The summed E-state index contributed by atoms with van der Waals surface area (Å²) in [4.78, 5) is 14.1. The fourth-order valence-electron chi connectivity index (χ4n) is 4.21. The van der Waals surface area contributed by atoms with E-state index in [1.165, 1.54) is 0 Å². The molecule has 1 aliphatic carbocycles. The Labute approximate surface area is 225 Å². The molecule has 4 rings (SSSR count). The van der Waals surface area contributed by atoms with Crippen molar-refractivity contribution in [3.05, 3.63) is 84.2 Å². The molecule has 2 atom stereocenters. The predicted molar refractivity (Wildman–Crippen MR) is 152 cm³/mol. The van der Waals surface area contributed by atoms with Gasteiger partial charge in [-0.1, -0.05) is 6.08 Å². The van der Waals surface area contributed by atoms with Crippen LogP contribution in [0.4, 0.5) is 5.69 Å². The molecule has 9 heteroatoms. The van der Waals surface area contributed by atoms with Crippen LogP contribution >= 0.6 is 0 Å². The average Bonchev–Trinajstić information content (AvgIpc) is 3.16. The summed E-state index contributed by atoms with van der Waals surface area (Å²) in [6.45, 7) is 5.90. The highest BCUT2D eigenvalue weighted by molar-refractivity contribution is 5.82. The summed E-state index contributed by atoms with van der Waals surface area (Å²) in [5.41, 5.74) is 11.3. The van der Waals surface area contributed by atoms with Gasteiger partial charge >= 0.3 is 0 Å². The summed E-state index contributed by atoms with van der Waals surface area (Å²) in [6, 6.07) is 6.18. The zero-order chi connectivity index (χ0) is 26.9. The summed E-state index contributed by atoms with van der Waals surface area (Å²) in [5.74, 6) is 0.746. The monoisotopic (exact) mass is 518 g/mol. The molecule has 2 heterocycles. The third kappa shape index (κ3) is 7.08. The number of methoxy groups -OCH3 is 2. The number of nitrogens with one attached hydrogen (secondary N) is 1. The lowest BCUT2D eigenvalue weighted by atomic mass is 10.1. The van der Waals surface area contributed by atoms with Crippen LogP contribution in [-0.4, -0.2) is 81.3 Å². The van der Waals surface area contributed by atoms with Crippen molar-refractivity contribution in [1.29, 1.82) is 0 Å². The molecular formula is C29H38N6O3. The molecular weight excluding hydrogens is 480 g/mol. The van der Waals surface area contributed by atoms with E-state index < -0.39 is 0 Å². The first kappa shape index (κ1) is 27.5. The number of benzene rings is 1. The Bertz CT molecular complexity index is 1250. The van der Waals surface area contributed by atoms with Gasteiger partial charge in [-0.15, -0.1) is 0 Å². The van der Waals surface area contributed by atoms with E-state index in [9.17, 15) is 0 Å². The highest BCUT2D eigenvalue weighted by Crippen LogP contribution is 2.27. The minimum atomic E-state index is -0.191. The summed E-state index contributed by atoms with van der Waals surface area (Å²) >= 11 is 0. The predicted octanol–water partition coefficient (Wildman–Crippen LogP) is 3.19. The van der Waals surface area contributed by atoms with Crippen LogP contribution in [0.15, 0.2) is 78.5 Å². The Hall–Kier alpha value is -3.50. The number of hydrogen-bond acceptors (Lipinski definition) is 9. The lowest BCUT2D eigenvalue weighted by molar-refractivity contribution is 0.123. The minimum Gasteiger partial charge on any atom is -0.497 e. The molecule has 1 aromatic carbocycles. The van der Waals surface area contributed by atoms with Crippen molar-refractivity contribution in [3.8, 4) is 0 Å². The Balaban J connectivity index is 1.67. The minimum absolute atomic E-state index is 0.169. The fraction of sp³-hybridized carbons (Fsp3) is 0.379. The molecule has 0 amide bonds. The molecule has 0 bridgehead atoms. The molecule has 0 fully saturated rings. The van der Waals surface area contributed by atoms with E-state index in [0.29, 0.717) is 6.61 Å². The molecule has 0 saturated heterocycles. The maximum Gasteiger partial charge on any atom is 0.119 e. The Morgan fingerprint density at radius 3 is 2.68 bits per heavy atom. The van der Waals surface area contributed by atoms with Crippen LogP contribution in [0, 0.1) is 0 Å². The zero-order valence-electron chi connectivity index (χ0n) is 22.6. The maximum atomic E-state index is 5.90. The third-order valence-electron chi connectivity index (χ3n) is 6.47. The molecule has 202 valence electrons. The van der Waals surface area contributed by atoms with E-state index in [-0.39, 0.29) is 12.3 Å². The number of dihydropyridines is 1. The molecule has 0 spiro atoms. The SMILES string of the molecule is CCOCCN(C)CCN(C1=CC(OC)=CC(OC)C=C1)c1ccc2ncc(C3=CNC(N)C=C3)nc2c1. The van der Waals surface area contributed by atoms with Gasteiger partial charge < -0.3 is 35.1 Å². The Morgan fingerprint density at radius 1 is 1.08 bits per heavy atom. The second-order valence-corrected chi connectivity index (χ2v) is 9.13. The summed E-state index contributed by atoms with van der Waals surface area (Å²) in [5, 5.41) is 3.12. The number of allylic oxidation sites excluding steroid dienone is 4. The summed E-state index contributed by atoms with van der Waals surface area (Å²) < 4.78 is 16.7. The molecule has 0 saturated carbocycles. The van der Waals surface area contributed by atoms with Crippen molar-refractivity contribution in [2.75, 3.05) is 59.0 Å². The molecule has 2 aromatic rings. The van der Waals surface area contributed by atoms with Crippen molar-refractivity contribution < 1.29 is 14.2 Å². The van der Waals surface area contributed by atoms with Gasteiger partial charge in [0.2, 0.25) is 0 Å². The van der Waals surface area contributed by atoms with Gasteiger partial charge in [0.05, 0.1) is 48.9 Å². The number of nitrogens with zero attached hydrogens (tertiary/aromatic N) is 4. The van der Waals surface area contributed by atoms with E-state index in [1.807, 2.05) is 49.6 Å². The molecule has 3 N–H and O–H groups in total. The third-order valence-corrected chi connectivity index (χ3v) is 6.47. The van der Waals surface area contributed by atoms with Crippen molar-refractivity contribution in [1.82, 2.24) is 20.2 Å². The number of hydrogen-bond donors (Lipinski definition) is 2. The fourth-order valence-corrected chi connectivity index (χ4v) is 4.21. The summed E-state index contributed by atoms with van der Waals surface area (Å²) in [6.07, 6.45) is 15.3. The lowest BCUT2D eigenvalue weighted by Gasteiger charge is -2.29. The first-order chi connectivity index (χ1) is 18.5. The maximum absolute atomic E-state index is 5.90. The normalized spacial score (nSPS) is 19.1. The molecule has 2 aliphatic rings. The molecule has 2 unspecified atom stereocenters. The molecule has 1 aliphatic heterocycles. The van der Waals surface area contributed by atoms with Gasteiger partial charge in [-0.2, -0.15) is 0 Å². The number of nitrogens with two attached hydrogens (primary N) is 1. The average molecular weight is 519 g/mol. The van der Waals surface area contributed by atoms with Crippen LogP contribution in [0.1, 0.15) is 12.6 Å². The van der Waals surface area contributed by atoms with Crippen LogP contribution in [0.2, 0.25) is 0 Å². The Kier molecular flexibility index (Phi) is 9.67. The second-order valence-electron chi connectivity index (χ2n) is 9.13. The smallest absolute Gasteiger partial charge is 0.119 e. The number of rotatable bonds is 12. The number of fused-ring (bicyclic) bond motifs is 1. The number of ether oxygens (including phenoxy) is 3. The van der Waals surface area contributed by atoms with Crippen LogP contribution < -0.4 is 16.0 Å². The summed E-state index contributed by atoms with van der Waals surface area (Å²) in [7, 11) is 5.47. The topological polar surface area (TPSA) is 98.0 Å². The molecule has 38 heavy (non-hydrogen) atoms. The van der Waals surface area contributed by atoms with E-state index in [0.717, 1.165) is 65.7 Å². The van der Waals surface area contributed by atoms with Crippen LogP contribution in [-0.2, 0) is 14.2 Å². The molecule has 0 radical (unpaired) electrons. The van der Waals surface area contributed by atoms with E-state index in [2.05, 4.69) is 45.4 Å². The van der Waals surface area contributed by atoms with Gasteiger partial charge in [0.25, 0.3) is 0 Å². The number of aromatic nitrogens is 2. The van der Waals surface area contributed by atoms with Crippen LogP contribution in [0.5, 0.6) is 0 Å². The Morgan fingerprint density at radius 2 is 1.95 bits per heavy atom. The largest absolute Gasteiger partial charge is 0.497 e. The second kappa shape index (κ2) is 13.3. The van der Waals surface area contributed by atoms with E-state index >= 15 is 0 Å². The highest BCUT2D eigenvalue weighted by Gasteiger charge is 2.17. The molecule has 9 nitrogen and oxygen atoms in total. The van der Waals surface area contributed by atoms with Gasteiger partial charge in [-0.05, 0) is 56.5 Å². The van der Waals surface area contributed by atoms with Crippen molar-refractivity contribution >= 4 is 22.3 Å². The highest BCUT2D eigenvalue weighted by atomic mass is 16.5. The lowest BCUT2D eigenvalue weighted by Crippen LogP contribution is -2.34. The van der Waals surface area contributed by atoms with Gasteiger partial charge in [-0.25, -0.2) is 4.98 Å². The van der Waals surface area contributed by atoms with E-state index in [1.54, 1.807) is 20.4 Å². The quantitative estimate of drug-likeness (QED) is 0.411. The first-order valence-corrected chi connectivity index (χ1v) is 12.9. The number of anilines is 1. The van der Waals surface area contributed by atoms with Gasteiger partial charge in [0.1, 0.15) is 5.76 Å². The van der Waals surface area contributed by atoms with Crippen LogP contribution in [0.3, 0.4) is 0 Å². The standard InChI is InChI=1S/C29H38N6O3/c1-5-38-15-14-34(2)12-13-35(22-7-9-24(36-3)18-25(16-22)37-4)23-8-10-26-27(17-23)33-28(20-31-26)21-6-11-29(30)32-19-21/h6-11,16-20,24,29,32H,5,12-15,30H2,1-4H3. The van der Waals surface area contributed by atoms with Gasteiger partial charge in [0, 0.05) is 62.6 Å². The number of likely N-dealkylation sites (N-methyl/N-ethyl adjacent to an activating group) is 1. The van der Waals surface area contributed by atoms with Crippen molar-refractivity contribution in [3.63, 3.8) is 0 Å². The van der Waals surface area contributed by atoms with Gasteiger partial charge in [0.15, 0.2) is 0 Å². The van der Waals surface area contributed by atoms with Crippen LogP contribution in [0.25, 0.3) is 16.6 Å². The zero-order valence-corrected chi connectivity index (χ0v) is 22.6. The van der Waals surface area contributed by atoms with E-state index in [4.69, 9.17) is 24.9 Å². The van der Waals surface area contributed by atoms with Crippen molar-refractivity contribution in [2.45, 2.75) is 19.2 Å². The van der Waals surface area contributed by atoms with Gasteiger partial charge in [-0.3, -0.25) is 4.98 Å².